The summed E-state index contributed by atoms with van der Waals surface area (Å²) in [5.74, 6) is 0.334. The lowest BCUT2D eigenvalue weighted by atomic mass is 9.88. The summed E-state index contributed by atoms with van der Waals surface area (Å²) in [4.78, 5) is 13.7. The average Bonchev–Trinajstić information content (AvgIpc) is 1.96. The van der Waals surface area contributed by atoms with Gasteiger partial charge in [-0.25, -0.2) is 0 Å². The number of piperidine rings is 1. The molecule has 1 atom stereocenters. The highest BCUT2D eigenvalue weighted by atomic mass is 16.1. The van der Waals surface area contributed by atoms with E-state index in [2.05, 4.69) is 31.1 Å². The molecule has 0 spiro atoms. The molecule has 12 heavy (non-hydrogen) atoms. The van der Waals surface area contributed by atoms with Crippen molar-refractivity contribution >= 4 is 5.78 Å². The minimum Gasteiger partial charge on any atom is -0.309 e. The maximum Gasteiger partial charge on any atom is 0.152 e. The first-order valence-electron chi connectivity index (χ1n) is 4.38. The monoisotopic (exact) mass is 170 g/mol. The van der Waals surface area contributed by atoms with Crippen LogP contribution in [-0.2, 0) is 4.79 Å². The Labute approximate surface area is 74.1 Å². The number of carbonyl (C=O) groups is 1. The molecule has 0 amide bonds. The predicted molar refractivity (Wildman–Crippen MR) is 49.2 cm³/mol. The number of likely N-dealkylation sites (N-methyl/N-ethyl adjacent to an activating group) is 2. The molecule has 0 aromatic carbocycles. The van der Waals surface area contributed by atoms with Gasteiger partial charge < -0.3 is 5.32 Å². The molecule has 1 N–H and O–H groups in total. The molecule has 0 saturated carbocycles. The fraction of sp³-hybridized carbons (Fsp3) is 0.889. The summed E-state index contributed by atoms with van der Waals surface area (Å²) >= 11 is 0. The van der Waals surface area contributed by atoms with Crippen molar-refractivity contribution in [1.29, 1.82) is 0 Å². The largest absolute Gasteiger partial charge is 0.309 e. The summed E-state index contributed by atoms with van der Waals surface area (Å²) in [5.41, 5.74) is 0.0322. The molecule has 0 aromatic rings. The van der Waals surface area contributed by atoms with Crippen LogP contribution in [0.3, 0.4) is 0 Å². The maximum absolute atomic E-state index is 11.5. The Bertz CT molecular complexity index is 189. The van der Waals surface area contributed by atoms with Crippen LogP contribution in [-0.4, -0.2) is 42.9 Å². The van der Waals surface area contributed by atoms with Crippen LogP contribution >= 0.6 is 0 Å². The van der Waals surface area contributed by atoms with Crippen molar-refractivity contribution in [2.75, 3.05) is 20.6 Å². The summed E-state index contributed by atoms with van der Waals surface area (Å²) in [5, 5.41) is 3.03. The lowest BCUT2D eigenvalue weighted by molar-refractivity contribution is -0.127. The first kappa shape index (κ1) is 9.68. The van der Waals surface area contributed by atoms with Crippen molar-refractivity contribution in [1.82, 2.24) is 10.2 Å². The number of ketones is 1. The van der Waals surface area contributed by atoms with E-state index in [1.165, 1.54) is 0 Å². The van der Waals surface area contributed by atoms with Crippen molar-refractivity contribution < 1.29 is 4.79 Å². The summed E-state index contributed by atoms with van der Waals surface area (Å²) < 4.78 is 0. The van der Waals surface area contributed by atoms with Crippen LogP contribution in [0.4, 0.5) is 0 Å². The fourth-order valence-electron chi connectivity index (χ4n) is 1.56. The molecular weight excluding hydrogens is 152 g/mol. The Morgan fingerprint density at radius 2 is 2.17 bits per heavy atom. The molecule has 1 aliphatic heterocycles. The number of likely N-dealkylation sites (tertiary alicyclic amines) is 1. The molecule has 1 unspecified atom stereocenters. The molecule has 0 radical (unpaired) electrons. The van der Waals surface area contributed by atoms with E-state index in [9.17, 15) is 4.79 Å². The Morgan fingerprint density at radius 3 is 2.67 bits per heavy atom. The van der Waals surface area contributed by atoms with Gasteiger partial charge >= 0.3 is 0 Å². The molecule has 3 nitrogen and oxygen atoms in total. The number of Topliss-reactive ketones (excluding diaryl/α,β-unsaturated/α-hetero) is 1. The van der Waals surface area contributed by atoms with Gasteiger partial charge in [0.15, 0.2) is 5.78 Å². The lowest BCUT2D eigenvalue weighted by Crippen LogP contribution is -2.57. The molecule has 0 bridgehead atoms. The van der Waals surface area contributed by atoms with E-state index in [-0.39, 0.29) is 11.6 Å². The van der Waals surface area contributed by atoms with Crippen LogP contribution < -0.4 is 5.32 Å². The van der Waals surface area contributed by atoms with E-state index < -0.39 is 0 Å². The van der Waals surface area contributed by atoms with Gasteiger partial charge in [-0.2, -0.15) is 0 Å². The molecule has 1 fully saturated rings. The first-order valence-corrected chi connectivity index (χ1v) is 4.38. The standard InChI is InChI=1S/C9H18N2O/c1-9(2)5-8(12)7(10-3)6-11(9)4/h7,10H,5-6H2,1-4H3. The van der Waals surface area contributed by atoms with Gasteiger partial charge in [-0.05, 0) is 27.9 Å². The van der Waals surface area contributed by atoms with Gasteiger partial charge in [0.2, 0.25) is 0 Å². The van der Waals surface area contributed by atoms with E-state index in [0.717, 1.165) is 6.54 Å². The van der Waals surface area contributed by atoms with Gasteiger partial charge in [-0.15, -0.1) is 0 Å². The van der Waals surface area contributed by atoms with Crippen LogP contribution in [0.5, 0.6) is 0 Å². The zero-order valence-corrected chi connectivity index (χ0v) is 8.35. The Kier molecular flexibility index (Phi) is 2.54. The second kappa shape index (κ2) is 3.15. The minimum absolute atomic E-state index is 0.0306. The fourth-order valence-corrected chi connectivity index (χ4v) is 1.56. The SMILES string of the molecule is CNC1CN(C)C(C)(C)CC1=O. The van der Waals surface area contributed by atoms with E-state index in [1.807, 2.05) is 7.05 Å². The van der Waals surface area contributed by atoms with Crippen molar-refractivity contribution in [2.45, 2.75) is 31.8 Å². The van der Waals surface area contributed by atoms with Gasteiger partial charge in [0.05, 0.1) is 6.04 Å². The number of rotatable bonds is 1. The normalized spacial score (nSPS) is 30.7. The second-order valence-corrected chi connectivity index (χ2v) is 4.18. The van der Waals surface area contributed by atoms with Crippen molar-refractivity contribution in [2.24, 2.45) is 0 Å². The molecule has 1 rings (SSSR count). The molecule has 3 heteroatoms. The van der Waals surface area contributed by atoms with Crippen LogP contribution in [0.2, 0.25) is 0 Å². The molecule has 0 aromatic heterocycles. The Hall–Kier alpha value is -0.410. The van der Waals surface area contributed by atoms with Crippen molar-refractivity contribution in [3.05, 3.63) is 0 Å². The van der Waals surface area contributed by atoms with E-state index in [0.29, 0.717) is 12.2 Å². The zero-order chi connectivity index (χ0) is 9.35. The molecule has 1 heterocycles. The average molecular weight is 170 g/mol. The molecule has 1 saturated heterocycles. The summed E-state index contributed by atoms with van der Waals surface area (Å²) in [7, 11) is 3.91. The Balaban J connectivity index is 2.69. The van der Waals surface area contributed by atoms with E-state index in [4.69, 9.17) is 0 Å². The highest BCUT2D eigenvalue weighted by molar-refractivity contribution is 5.86. The number of carbonyl (C=O) groups excluding carboxylic acids is 1. The Morgan fingerprint density at radius 1 is 1.58 bits per heavy atom. The quantitative estimate of drug-likeness (QED) is 0.612. The van der Waals surface area contributed by atoms with Gasteiger partial charge in [0.1, 0.15) is 0 Å². The van der Waals surface area contributed by atoms with Gasteiger partial charge in [0, 0.05) is 18.5 Å². The lowest BCUT2D eigenvalue weighted by Gasteiger charge is -2.42. The third-order valence-corrected chi connectivity index (χ3v) is 2.83. The molecule has 70 valence electrons. The van der Waals surface area contributed by atoms with Crippen LogP contribution in [0.1, 0.15) is 20.3 Å². The minimum atomic E-state index is 0.0306. The van der Waals surface area contributed by atoms with Crippen molar-refractivity contribution in [3.63, 3.8) is 0 Å². The van der Waals surface area contributed by atoms with Crippen molar-refractivity contribution in [3.8, 4) is 0 Å². The molecule has 1 aliphatic rings. The van der Waals surface area contributed by atoms with E-state index in [1.54, 1.807) is 0 Å². The number of hydrogen-bond donors (Lipinski definition) is 1. The first-order chi connectivity index (χ1) is 5.47. The van der Waals surface area contributed by atoms with Crippen LogP contribution in [0, 0.1) is 0 Å². The van der Waals surface area contributed by atoms with Gasteiger partial charge in [-0.1, -0.05) is 0 Å². The number of nitrogens with zero attached hydrogens (tertiary/aromatic N) is 1. The molecule has 0 aliphatic carbocycles. The maximum atomic E-state index is 11.5. The van der Waals surface area contributed by atoms with Crippen LogP contribution in [0.25, 0.3) is 0 Å². The number of hydrogen-bond acceptors (Lipinski definition) is 3. The van der Waals surface area contributed by atoms with E-state index >= 15 is 0 Å². The third kappa shape index (κ3) is 1.67. The van der Waals surface area contributed by atoms with Crippen LogP contribution in [0.15, 0.2) is 0 Å². The second-order valence-electron chi connectivity index (χ2n) is 4.18. The topological polar surface area (TPSA) is 32.3 Å². The highest BCUT2D eigenvalue weighted by Crippen LogP contribution is 2.23. The summed E-state index contributed by atoms with van der Waals surface area (Å²) in [6, 6.07) is 0.0306. The van der Waals surface area contributed by atoms with Gasteiger partial charge in [-0.3, -0.25) is 9.69 Å². The third-order valence-electron chi connectivity index (χ3n) is 2.83. The smallest absolute Gasteiger partial charge is 0.152 e. The highest BCUT2D eigenvalue weighted by Gasteiger charge is 2.36. The number of nitrogens with one attached hydrogen (secondary N) is 1. The summed E-state index contributed by atoms with van der Waals surface area (Å²) in [6.45, 7) is 5.04. The molecular formula is C9H18N2O. The predicted octanol–water partition coefficient (Wildman–Crippen LogP) is 0.258. The van der Waals surface area contributed by atoms with Gasteiger partial charge in [0.25, 0.3) is 0 Å². The zero-order valence-electron chi connectivity index (χ0n) is 8.35. The summed E-state index contributed by atoms with van der Waals surface area (Å²) in [6.07, 6.45) is 0.648.